The van der Waals surface area contributed by atoms with Gasteiger partial charge in [-0.1, -0.05) is 27.2 Å². The standard InChI is InChI=1S/C16H29N3S/c1-6-7-12(4)19(5)16-18-15(11(2)3)14(20-16)10-17-13-8-9-13/h11-13,17H,6-10H2,1-5H3. The summed E-state index contributed by atoms with van der Waals surface area (Å²) in [6.45, 7) is 10.0. The highest BCUT2D eigenvalue weighted by Crippen LogP contribution is 2.32. The molecular formula is C16H29N3S. The van der Waals surface area contributed by atoms with E-state index in [9.17, 15) is 0 Å². The van der Waals surface area contributed by atoms with Crippen LogP contribution in [0.3, 0.4) is 0 Å². The molecule has 1 unspecified atom stereocenters. The van der Waals surface area contributed by atoms with Crippen LogP contribution >= 0.6 is 11.3 Å². The monoisotopic (exact) mass is 295 g/mol. The van der Waals surface area contributed by atoms with Gasteiger partial charge in [0.25, 0.3) is 0 Å². The molecule has 1 fully saturated rings. The van der Waals surface area contributed by atoms with Gasteiger partial charge in [-0.25, -0.2) is 4.98 Å². The maximum atomic E-state index is 4.92. The molecule has 0 amide bonds. The number of nitrogens with one attached hydrogen (secondary N) is 1. The Bertz CT molecular complexity index is 423. The second kappa shape index (κ2) is 6.90. The zero-order chi connectivity index (χ0) is 14.7. The van der Waals surface area contributed by atoms with Gasteiger partial charge in [0, 0.05) is 30.6 Å². The number of aromatic nitrogens is 1. The summed E-state index contributed by atoms with van der Waals surface area (Å²) < 4.78 is 0. The van der Waals surface area contributed by atoms with Gasteiger partial charge < -0.3 is 10.2 Å². The summed E-state index contributed by atoms with van der Waals surface area (Å²) in [5.74, 6) is 0.505. The normalized spacial score (nSPS) is 16.7. The van der Waals surface area contributed by atoms with Crippen LogP contribution in [0.5, 0.6) is 0 Å². The third-order valence-corrected chi connectivity index (χ3v) is 5.22. The lowest BCUT2D eigenvalue weighted by Gasteiger charge is -2.23. The van der Waals surface area contributed by atoms with Crippen molar-refractivity contribution in [2.24, 2.45) is 0 Å². The van der Waals surface area contributed by atoms with Crippen LogP contribution in [0.25, 0.3) is 0 Å². The zero-order valence-electron chi connectivity index (χ0n) is 13.6. The molecule has 1 aliphatic rings. The van der Waals surface area contributed by atoms with Crippen molar-refractivity contribution in [2.45, 2.75) is 77.9 Å². The van der Waals surface area contributed by atoms with Crippen LogP contribution in [0.2, 0.25) is 0 Å². The molecule has 1 aliphatic carbocycles. The molecule has 0 aliphatic heterocycles. The van der Waals surface area contributed by atoms with Gasteiger partial charge in [-0.05, 0) is 32.1 Å². The Morgan fingerprint density at radius 2 is 2.05 bits per heavy atom. The van der Waals surface area contributed by atoms with Gasteiger partial charge >= 0.3 is 0 Å². The molecule has 0 bridgehead atoms. The van der Waals surface area contributed by atoms with Crippen molar-refractivity contribution in [3.05, 3.63) is 10.6 Å². The lowest BCUT2D eigenvalue weighted by molar-refractivity contribution is 0.613. The Morgan fingerprint density at radius 3 is 2.60 bits per heavy atom. The molecule has 114 valence electrons. The Kier molecular flexibility index (Phi) is 5.44. The van der Waals surface area contributed by atoms with Crippen LogP contribution in [0.1, 0.15) is 69.9 Å². The summed E-state index contributed by atoms with van der Waals surface area (Å²) in [6, 6.07) is 1.33. The molecule has 1 N–H and O–H groups in total. The lowest BCUT2D eigenvalue weighted by Crippen LogP contribution is -2.28. The van der Waals surface area contributed by atoms with Crippen LogP contribution in [0.4, 0.5) is 5.13 Å². The molecular weight excluding hydrogens is 266 g/mol. The third kappa shape index (κ3) is 3.95. The van der Waals surface area contributed by atoms with E-state index < -0.39 is 0 Å². The first kappa shape index (κ1) is 15.8. The summed E-state index contributed by atoms with van der Waals surface area (Å²) in [5, 5.41) is 4.81. The molecule has 1 heterocycles. The molecule has 3 nitrogen and oxygen atoms in total. The maximum absolute atomic E-state index is 4.92. The van der Waals surface area contributed by atoms with Crippen molar-refractivity contribution < 1.29 is 0 Å². The summed E-state index contributed by atoms with van der Waals surface area (Å²) in [4.78, 5) is 8.69. The number of thiazole rings is 1. The number of hydrogen-bond donors (Lipinski definition) is 1. The fourth-order valence-electron chi connectivity index (χ4n) is 2.40. The van der Waals surface area contributed by atoms with E-state index in [2.05, 4.69) is 45.0 Å². The quantitative estimate of drug-likeness (QED) is 0.781. The summed E-state index contributed by atoms with van der Waals surface area (Å²) >= 11 is 1.87. The Hall–Kier alpha value is -0.610. The first-order valence-electron chi connectivity index (χ1n) is 7.98. The van der Waals surface area contributed by atoms with Crippen molar-refractivity contribution in [2.75, 3.05) is 11.9 Å². The van der Waals surface area contributed by atoms with E-state index in [4.69, 9.17) is 4.98 Å². The highest BCUT2D eigenvalue weighted by molar-refractivity contribution is 7.15. The number of rotatable bonds is 8. The molecule has 2 rings (SSSR count). The molecule has 0 spiro atoms. The van der Waals surface area contributed by atoms with Gasteiger partial charge in [0.15, 0.2) is 5.13 Å². The average molecular weight is 295 g/mol. The third-order valence-electron chi connectivity index (χ3n) is 4.06. The second-order valence-corrected chi connectivity index (χ2v) is 7.43. The molecule has 4 heteroatoms. The zero-order valence-corrected chi connectivity index (χ0v) is 14.4. The van der Waals surface area contributed by atoms with Crippen LogP contribution in [0, 0.1) is 0 Å². The minimum absolute atomic E-state index is 0.505. The molecule has 0 radical (unpaired) electrons. The van der Waals surface area contributed by atoms with Gasteiger partial charge in [0.1, 0.15) is 0 Å². The van der Waals surface area contributed by atoms with E-state index >= 15 is 0 Å². The van der Waals surface area contributed by atoms with Gasteiger partial charge in [0.05, 0.1) is 5.69 Å². The predicted molar refractivity (Wildman–Crippen MR) is 88.8 cm³/mol. The predicted octanol–water partition coefficient (Wildman–Crippen LogP) is 4.14. The van der Waals surface area contributed by atoms with E-state index in [0.29, 0.717) is 12.0 Å². The Morgan fingerprint density at radius 1 is 1.35 bits per heavy atom. The summed E-state index contributed by atoms with van der Waals surface area (Å²) in [7, 11) is 2.18. The van der Waals surface area contributed by atoms with Crippen molar-refractivity contribution in [3.8, 4) is 0 Å². The van der Waals surface area contributed by atoms with Crippen LogP contribution in [-0.2, 0) is 6.54 Å². The van der Waals surface area contributed by atoms with Crippen molar-refractivity contribution in [1.82, 2.24) is 10.3 Å². The molecule has 1 atom stereocenters. The van der Waals surface area contributed by atoms with E-state index in [1.165, 1.54) is 41.4 Å². The van der Waals surface area contributed by atoms with E-state index in [0.717, 1.165) is 12.6 Å². The summed E-state index contributed by atoms with van der Waals surface area (Å²) in [6.07, 6.45) is 5.14. The number of nitrogens with zero attached hydrogens (tertiary/aromatic N) is 2. The highest BCUT2D eigenvalue weighted by atomic mass is 32.1. The molecule has 1 aromatic rings. The SMILES string of the molecule is CCCC(C)N(C)c1nc(C(C)C)c(CNC2CC2)s1. The fraction of sp³-hybridized carbons (Fsp3) is 0.812. The van der Waals surface area contributed by atoms with E-state index in [1.807, 2.05) is 11.3 Å². The fourth-order valence-corrected chi connectivity index (χ4v) is 3.63. The van der Waals surface area contributed by atoms with Crippen LogP contribution in [0.15, 0.2) is 0 Å². The van der Waals surface area contributed by atoms with Gasteiger partial charge in [0.2, 0.25) is 0 Å². The largest absolute Gasteiger partial charge is 0.348 e. The lowest BCUT2D eigenvalue weighted by atomic mass is 10.1. The Labute approximate surface area is 127 Å². The Balaban J connectivity index is 2.10. The topological polar surface area (TPSA) is 28.2 Å². The van der Waals surface area contributed by atoms with Gasteiger partial charge in [-0.2, -0.15) is 0 Å². The maximum Gasteiger partial charge on any atom is 0.185 e. The minimum Gasteiger partial charge on any atom is -0.348 e. The average Bonchev–Trinajstić information content (AvgIpc) is 3.13. The minimum atomic E-state index is 0.505. The first-order valence-corrected chi connectivity index (χ1v) is 8.80. The second-order valence-electron chi connectivity index (χ2n) is 6.36. The molecule has 1 aromatic heterocycles. The number of hydrogen-bond acceptors (Lipinski definition) is 4. The first-order chi connectivity index (χ1) is 9.52. The molecule has 20 heavy (non-hydrogen) atoms. The highest BCUT2D eigenvalue weighted by Gasteiger charge is 2.23. The van der Waals surface area contributed by atoms with Crippen LogP contribution in [-0.4, -0.2) is 24.1 Å². The molecule has 0 aromatic carbocycles. The van der Waals surface area contributed by atoms with E-state index in [1.54, 1.807) is 0 Å². The molecule has 0 saturated heterocycles. The smallest absolute Gasteiger partial charge is 0.185 e. The van der Waals surface area contributed by atoms with Crippen molar-refractivity contribution in [1.29, 1.82) is 0 Å². The summed E-state index contributed by atoms with van der Waals surface area (Å²) in [5.41, 5.74) is 1.29. The van der Waals surface area contributed by atoms with Gasteiger partial charge in [-0.3, -0.25) is 0 Å². The number of anilines is 1. The van der Waals surface area contributed by atoms with Crippen molar-refractivity contribution in [3.63, 3.8) is 0 Å². The van der Waals surface area contributed by atoms with E-state index in [-0.39, 0.29) is 0 Å². The van der Waals surface area contributed by atoms with Gasteiger partial charge in [-0.15, -0.1) is 11.3 Å². The van der Waals surface area contributed by atoms with Crippen LogP contribution < -0.4 is 10.2 Å². The van der Waals surface area contributed by atoms with Crippen molar-refractivity contribution >= 4 is 16.5 Å². The molecule has 1 saturated carbocycles.